The molecule has 0 fully saturated rings. The van der Waals surface area contributed by atoms with Crippen LogP contribution in [0.5, 0.6) is 11.5 Å². The third kappa shape index (κ3) is 6.19. The summed E-state index contributed by atoms with van der Waals surface area (Å²) in [5, 5.41) is 19.5. The van der Waals surface area contributed by atoms with Crippen molar-refractivity contribution in [2.45, 2.75) is 13.8 Å². The molecule has 230 valence electrons. The number of phenolic OH excluding ortho intramolecular Hbond substituents is 2. The Morgan fingerprint density at radius 2 is 1.16 bits per heavy atom. The molecule has 11 heteroatoms. The van der Waals surface area contributed by atoms with E-state index in [9.17, 15) is 33.0 Å². The Kier molecular flexibility index (Phi) is 8.80. The van der Waals surface area contributed by atoms with Gasteiger partial charge in [0, 0.05) is 16.5 Å². The second-order valence-corrected chi connectivity index (χ2v) is 9.52. The van der Waals surface area contributed by atoms with E-state index in [1.54, 1.807) is 19.9 Å². The molecule has 0 saturated heterocycles. The second kappa shape index (κ2) is 12.9. The molecule has 0 unspecified atom stereocenters. The predicted octanol–water partition coefficient (Wildman–Crippen LogP) is 8.38. The van der Waals surface area contributed by atoms with Crippen molar-refractivity contribution in [3.05, 3.63) is 107 Å². The van der Waals surface area contributed by atoms with Gasteiger partial charge in [-0.3, -0.25) is 0 Å². The van der Waals surface area contributed by atoms with Gasteiger partial charge >= 0.3 is 11.9 Å². The van der Waals surface area contributed by atoms with Gasteiger partial charge in [-0.05, 0) is 92.7 Å². The van der Waals surface area contributed by atoms with Crippen molar-refractivity contribution in [3.8, 4) is 34.1 Å². The molecule has 0 spiro atoms. The molecule has 6 aromatic rings. The van der Waals surface area contributed by atoms with Crippen molar-refractivity contribution in [1.29, 1.82) is 0 Å². The van der Waals surface area contributed by atoms with Crippen LogP contribution in [-0.4, -0.2) is 35.4 Å². The average molecular weight is 619 g/mol. The molecule has 45 heavy (non-hydrogen) atoms. The number of fused-ring (bicyclic) bond motifs is 2. The van der Waals surface area contributed by atoms with Gasteiger partial charge in [0.2, 0.25) is 0 Å². The van der Waals surface area contributed by atoms with Crippen molar-refractivity contribution in [2.75, 3.05) is 13.2 Å². The van der Waals surface area contributed by atoms with Crippen LogP contribution in [0, 0.1) is 17.5 Å². The van der Waals surface area contributed by atoms with E-state index >= 15 is 0 Å². The molecule has 4 aromatic carbocycles. The number of hydrogen-bond acceptors (Lipinski definition) is 8. The fourth-order valence-electron chi connectivity index (χ4n) is 4.64. The summed E-state index contributed by atoms with van der Waals surface area (Å²) >= 11 is 0. The zero-order valence-electron chi connectivity index (χ0n) is 23.9. The van der Waals surface area contributed by atoms with E-state index in [1.165, 1.54) is 66.7 Å². The molecule has 6 rings (SSSR count). The van der Waals surface area contributed by atoms with Gasteiger partial charge in [0.05, 0.1) is 18.6 Å². The fraction of sp³-hybridized carbons (Fsp3) is 0.118. The highest BCUT2D eigenvalue weighted by Gasteiger charge is 2.27. The number of rotatable bonds is 6. The van der Waals surface area contributed by atoms with Crippen LogP contribution in [0.25, 0.3) is 44.6 Å². The summed E-state index contributed by atoms with van der Waals surface area (Å²) in [5.74, 6) is -3.37. The Balaban J connectivity index is 0.000000178. The van der Waals surface area contributed by atoms with Crippen LogP contribution in [-0.2, 0) is 9.47 Å². The lowest BCUT2D eigenvalue weighted by Crippen LogP contribution is -2.06. The topological polar surface area (TPSA) is 119 Å². The molecule has 2 aromatic heterocycles. The number of halogens is 3. The van der Waals surface area contributed by atoms with Gasteiger partial charge < -0.3 is 28.5 Å². The van der Waals surface area contributed by atoms with Gasteiger partial charge in [-0.15, -0.1) is 0 Å². The Hall–Kier alpha value is -5.71. The lowest BCUT2D eigenvalue weighted by molar-refractivity contribution is 0.0518. The van der Waals surface area contributed by atoms with Crippen LogP contribution < -0.4 is 0 Å². The largest absolute Gasteiger partial charge is 0.508 e. The first-order chi connectivity index (χ1) is 21.6. The van der Waals surface area contributed by atoms with E-state index in [1.807, 2.05) is 0 Å². The minimum Gasteiger partial charge on any atom is -0.508 e. The fourth-order valence-corrected chi connectivity index (χ4v) is 4.64. The first-order valence-corrected chi connectivity index (χ1v) is 13.7. The second-order valence-electron chi connectivity index (χ2n) is 9.52. The summed E-state index contributed by atoms with van der Waals surface area (Å²) in [6.45, 7) is 3.63. The Bertz CT molecular complexity index is 2010. The maximum atomic E-state index is 14.3. The number of furan rings is 2. The molecule has 0 saturated carbocycles. The zero-order chi connectivity index (χ0) is 32.2. The molecule has 0 radical (unpaired) electrons. The molecular weight excluding hydrogens is 593 g/mol. The third-order valence-corrected chi connectivity index (χ3v) is 6.62. The van der Waals surface area contributed by atoms with E-state index in [4.69, 9.17) is 18.3 Å². The third-order valence-electron chi connectivity index (χ3n) is 6.62. The average Bonchev–Trinajstić information content (AvgIpc) is 3.60. The van der Waals surface area contributed by atoms with Crippen molar-refractivity contribution < 1.29 is 51.3 Å². The summed E-state index contributed by atoms with van der Waals surface area (Å²) < 4.78 is 61.7. The highest BCUT2D eigenvalue weighted by molar-refractivity contribution is 6.10. The molecule has 0 aliphatic carbocycles. The minimum absolute atomic E-state index is 0.0181. The summed E-state index contributed by atoms with van der Waals surface area (Å²) in [7, 11) is 0. The van der Waals surface area contributed by atoms with Crippen LogP contribution >= 0.6 is 0 Å². The minimum atomic E-state index is -0.970. The summed E-state index contributed by atoms with van der Waals surface area (Å²) in [4.78, 5) is 24.5. The molecule has 0 amide bonds. The van der Waals surface area contributed by atoms with Crippen molar-refractivity contribution in [1.82, 2.24) is 0 Å². The lowest BCUT2D eigenvalue weighted by atomic mass is 10.0. The summed E-state index contributed by atoms with van der Waals surface area (Å²) in [6, 6.07) is 17.8. The molecule has 0 bridgehead atoms. The molecule has 2 N–H and O–H groups in total. The zero-order valence-corrected chi connectivity index (χ0v) is 23.9. The van der Waals surface area contributed by atoms with Gasteiger partial charge in [-0.25, -0.2) is 22.8 Å². The highest BCUT2D eigenvalue weighted by Crippen LogP contribution is 2.38. The van der Waals surface area contributed by atoms with Gasteiger partial charge in [0.1, 0.15) is 51.2 Å². The summed E-state index contributed by atoms with van der Waals surface area (Å²) in [5.41, 5.74) is 1.56. The SMILES string of the molecule is CCOC(=O)c1c(-c2ccc(F)cc2)oc2ccc(O)c(F)c12.CCOC(=O)c1c(-c2ccc(F)cc2)oc2ccc(O)cc12. The van der Waals surface area contributed by atoms with Crippen LogP contribution in [0.15, 0.2) is 87.7 Å². The quantitative estimate of drug-likeness (QED) is 0.179. The Morgan fingerprint density at radius 3 is 1.71 bits per heavy atom. The molecule has 2 heterocycles. The van der Waals surface area contributed by atoms with E-state index < -0.39 is 29.3 Å². The highest BCUT2D eigenvalue weighted by atomic mass is 19.1. The van der Waals surface area contributed by atoms with Gasteiger partial charge in [0.25, 0.3) is 0 Å². The smallest absolute Gasteiger partial charge is 0.342 e. The number of carbonyl (C=O) groups excluding carboxylic acids is 2. The van der Waals surface area contributed by atoms with E-state index in [0.717, 1.165) is 6.07 Å². The first-order valence-electron chi connectivity index (χ1n) is 13.7. The maximum Gasteiger partial charge on any atom is 0.342 e. The van der Waals surface area contributed by atoms with Gasteiger partial charge in [-0.2, -0.15) is 0 Å². The van der Waals surface area contributed by atoms with E-state index in [0.29, 0.717) is 27.9 Å². The van der Waals surface area contributed by atoms with E-state index in [2.05, 4.69) is 0 Å². The first kappa shape index (κ1) is 30.7. The lowest BCUT2D eigenvalue weighted by Gasteiger charge is -2.04. The number of esters is 2. The number of benzene rings is 4. The number of phenols is 2. The maximum absolute atomic E-state index is 14.3. The molecule has 8 nitrogen and oxygen atoms in total. The monoisotopic (exact) mass is 618 g/mol. The molecule has 0 aliphatic heterocycles. The Labute approximate surface area is 253 Å². The molecule has 0 atom stereocenters. The molecular formula is C34H25F3O8. The molecule has 0 aliphatic rings. The van der Waals surface area contributed by atoms with Crippen LogP contribution in [0.2, 0.25) is 0 Å². The van der Waals surface area contributed by atoms with Crippen LogP contribution in [0.3, 0.4) is 0 Å². The van der Waals surface area contributed by atoms with Gasteiger partial charge in [0.15, 0.2) is 11.6 Å². The summed E-state index contributed by atoms with van der Waals surface area (Å²) in [6.07, 6.45) is 0. The van der Waals surface area contributed by atoms with Gasteiger partial charge in [-0.1, -0.05) is 0 Å². The normalized spacial score (nSPS) is 10.9. The number of hydrogen-bond donors (Lipinski definition) is 2. The predicted molar refractivity (Wildman–Crippen MR) is 158 cm³/mol. The van der Waals surface area contributed by atoms with Crippen molar-refractivity contribution in [2.24, 2.45) is 0 Å². The Morgan fingerprint density at radius 1 is 0.667 bits per heavy atom. The van der Waals surface area contributed by atoms with Crippen LogP contribution in [0.1, 0.15) is 34.6 Å². The number of carbonyl (C=O) groups is 2. The van der Waals surface area contributed by atoms with E-state index in [-0.39, 0.29) is 52.6 Å². The van der Waals surface area contributed by atoms with Crippen LogP contribution in [0.4, 0.5) is 13.2 Å². The standard InChI is InChI=1S/C17H12F2O4.C17H13FO4/c1-2-22-17(21)14-13-12(8-7-11(20)15(13)19)23-16(14)9-3-5-10(18)6-4-9;1-2-21-17(20)15-13-9-12(19)7-8-14(13)22-16(15)10-3-5-11(18)6-4-10/h3-8,20H,2H2,1H3;3-9,19H,2H2,1H3. The number of ether oxygens (including phenoxy) is 2. The van der Waals surface area contributed by atoms with Crippen molar-refractivity contribution in [3.63, 3.8) is 0 Å². The number of aromatic hydroxyl groups is 2. The van der Waals surface area contributed by atoms with Crippen molar-refractivity contribution >= 4 is 33.9 Å².